The summed E-state index contributed by atoms with van der Waals surface area (Å²) in [6.07, 6.45) is 6.54. The van der Waals surface area contributed by atoms with E-state index in [4.69, 9.17) is 4.74 Å². The highest BCUT2D eigenvalue weighted by atomic mass is 16.5. The number of benzene rings is 1. The van der Waals surface area contributed by atoms with E-state index < -0.39 is 0 Å². The fraction of sp³-hybridized carbons (Fsp3) is 0.429. The summed E-state index contributed by atoms with van der Waals surface area (Å²) in [5.41, 5.74) is 3.23. The lowest BCUT2D eigenvalue weighted by atomic mass is 10.0. The van der Waals surface area contributed by atoms with Crippen molar-refractivity contribution in [2.45, 2.75) is 25.7 Å². The highest BCUT2D eigenvalue weighted by molar-refractivity contribution is 5.81. The highest BCUT2D eigenvalue weighted by Gasteiger charge is 2.24. The lowest BCUT2D eigenvalue weighted by Gasteiger charge is -2.35. The molecule has 0 aliphatic carbocycles. The summed E-state index contributed by atoms with van der Waals surface area (Å²) in [6, 6.07) is 7.98. The quantitative estimate of drug-likeness (QED) is 0.896. The zero-order chi connectivity index (χ0) is 18.6. The third-order valence-corrected chi connectivity index (χ3v) is 5.33. The van der Waals surface area contributed by atoms with Gasteiger partial charge in [-0.15, -0.1) is 0 Å². The molecule has 2 amide bonds. The number of rotatable bonds is 4. The number of piperazine rings is 1. The molecule has 142 valence electrons. The van der Waals surface area contributed by atoms with Crippen LogP contribution in [0.5, 0.6) is 5.75 Å². The molecule has 1 fully saturated rings. The first kappa shape index (κ1) is 17.6. The van der Waals surface area contributed by atoms with Gasteiger partial charge in [-0.2, -0.15) is 0 Å². The zero-order valence-corrected chi connectivity index (χ0v) is 15.4. The number of aromatic amines is 1. The van der Waals surface area contributed by atoms with Gasteiger partial charge in [-0.25, -0.2) is 0 Å². The van der Waals surface area contributed by atoms with E-state index >= 15 is 0 Å². The monoisotopic (exact) mass is 367 g/mol. The molecule has 0 unspecified atom stereocenters. The van der Waals surface area contributed by atoms with Gasteiger partial charge in [-0.1, -0.05) is 12.1 Å². The standard InChI is InChI=1S/C21H25N3O3/c25-20(13-16-3-4-19-18(12-16)2-1-11-27-19)23-7-9-24(10-8-23)21(26)14-17-5-6-22-15-17/h3-6,12,15,22H,1-2,7-11,13-14H2. The van der Waals surface area contributed by atoms with Gasteiger partial charge in [-0.05, 0) is 41.7 Å². The van der Waals surface area contributed by atoms with Gasteiger partial charge in [0.1, 0.15) is 5.75 Å². The van der Waals surface area contributed by atoms with Crippen LogP contribution in [-0.2, 0) is 28.9 Å². The Morgan fingerprint density at radius 1 is 0.963 bits per heavy atom. The number of H-pyrrole nitrogens is 1. The van der Waals surface area contributed by atoms with Gasteiger partial charge in [0.05, 0.1) is 19.4 Å². The number of aromatic nitrogens is 1. The molecule has 27 heavy (non-hydrogen) atoms. The van der Waals surface area contributed by atoms with Crippen LogP contribution in [0.2, 0.25) is 0 Å². The average molecular weight is 367 g/mol. The van der Waals surface area contributed by atoms with Gasteiger partial charge in [0.15, 0.2) is 0 Å². The summed E-state index contributed by atoms with van der Waals surface area (Å²) < 4.78 is 5.64. The SMILES string of the molecule is O=C(Cc1cc[nH]c1)N1CCN(C(=O)Cc2ccc3c(c2)CCCO3)CC1. The summed E-state index contributed by atoms with van der Waals surface area (Å²) >= 11 is 0. The highest BCUT2D eigenvalue weighted by Crippen LogP contribution is 2.26. The molecule has 1 saturated heterocycles. The van der Waals surface area contributed by atoms with E-state index in [-0.39, 0.29) is 11.8 Å². The molecule has 0 atom stereocenters. The summed E-state index contributed by atoms with van der Waals surface area (Å²) in [5.74, 6) is 1.20. The Labute approximate surface area is 159 Å². The van der Waals surface area contributed by atoms with Crippen LogP contribution in [0.15, 0.2) is 36.7 Å². The fourth-order valence-corrected chi connectivity index (χ4v) is 3.77. The minimum absolute atomic E-state index is 0.122. The van der Waals surface area contributed by atoms with Gasteiger partial charge in [0.25, 0.3) is 0 Å². The normalized spacial score (nSPS) is 16.6. The molecular weight excluding hydrogens is 342 g/mol. The van der Waals surface area contributed by atoms with E-state index in [0.717, 1.165) is 36.3 Å². The molecule has 6 heteroatoms. The van der Waals surface area contributed by atoms with Gasteiger partial charge >= 0.3 is 0 Å². The molecule has 0 spiro atoms. The predicted molar refractivity (Wildman–Crippen MR) is 102 cm³/mol. The van der Waals surface area contributed by atoms with Crippen molar-refractivity contribution in [2.75, 3.05) is 32.8 Å². The van der Waals surface area contributed by atoms with Crippen LogP contribution in [-0.4, -0.2) is 59.4 Å². The molecule has 0 saturated carbocycles. The first-order valence-electron chi connectivity index (χ1n) is 9.61. The lowest BCUT2D eigenvalue weighted by molar-refractivity contribution is -0.138. The summed E-state index contributed by atoms with van der Waals surface area (Å²) in [4.78, 5) is 31.7. The van der Waals surface area contributed by atoms with E-state index in [9.17, 15) is 9.59 Å². The third-order valence-electron chi connectivity index (χ3n) is 5.33. The van der Waals surface area contributed by atoms with Gasteiger partial charge in [0, 0.05) is 38.6 Å². The maximum absolute atomic E-state index is 12.7. The molecule has 3 heterocycles. The topological polar surface area (TPSA) is 65.6 Å². The molecule has 2 aliphatic rings. The number of carbonyl (C=O) groups is 2. The molecule has 0 radical (unpaired) electrons. The molecule has 1 N–H and O–H groups in total. The molecule has 4 rings (SSSR count). The lowest BCUT2D eigenvalue weighted by Crippen LogP contribution is -2.51. The number of ether oxygens (including phenoxy) is 1. The van der Waals surface area contributed by atoms with Crippen molar-refractivity contribution in [3.8, 4) is 5.75 Å². The van der Waals surface area contributed by atoms with E-state index in [2.05, 4.69) is 11.1 Å². The van der Waals surface area contributed by atoms with Crippen LogP contribution in [0.4, 0.5) is 0 Å². The molecule has 0 bridgehead atoms. The number of hydrogen-bond acceptors (Lipinski definition) is 3. The number of carbonyl (C=O) groups excluding carboxylic acids is 2. The van der Waals surface area contributed by atoms with E-state index in [0.29, 0.717) is 39.0 Å². The van der Waals surface area contributed by atoms with Crippen LogP contribution >= 0.6 is 0 Å². The summed E-state index contributed by atoms with van der Waals surface area (Å²) in [6.45, 7) is 3.19. The maximum atomic E-state index is 12.7. The number of hydrogen-bond donors (Lipinski definition) is 1. The number of aryl methyl sites for hydroxylation is 1. The maximum Gasteiger partial charge on any atom is 0.227 e. The Bertz CT molecular complexity index is 808. The van der Waals surface area contributed by atoms with Crippen molar-refractivity contribution in [3.63, 3.8) is 0 Å². The van der Waals surface area contributed by atoms with Crippen molar-refractivity contribution in [3.05, 3.63) is 53.3 Å². The molecule has 1 aromatic carbocycles. The number of fused-ring (bicyclic) bond motifs is 1. The first-order chi connectivity index (χ1) is 13.2. The largest absolute Gasteiger partial charge is 0.493 e. The van der Waals surface area contributed by atoms with Crippen LogP contribution in [0.1, 0.15) is 23.1 Å². The summed E-state index contributed by atoms with van der Waals surface area (Å²) in [7, 11) is 0. The molecule has 2 aromatic rings. The van der Waals surface area contributed by atoms with Crippen molar-refractivity contribution < 1.29 is 14.3 Å². The van der Waals surface area contributed by atoms with Crippen molar-refractivity contribution in [2.24, 2.45) is 0 Å². The van der Waals surface area contributed by atoms with Crippen molar-refractivity contribution >= 4 is 11.8 Å². The van der Waals surface area contributed by atoms with E-state index in [1.807, 2.05) is 40.4 Å². The van der Waals surface area contributed by atoms with Crippen molar-refractivity contribution in [1.82, 2.24) is 14.8 Å². The Hall–Kier alpha value is -2.76. The van der Waals surface area contributed by atoms with Crippen LogP contribution in [0.25, 0.3) is 0 Å². The second-order valence-electron chi connectivity index (χ2n) is 7.23. The average Bonchev–Trinajstić information content (AvgIpc) is 3.21. The Morgan fingerprint density at radius 2 is 1.67 bits per heavy atom. The number of nitrogens with one attached hydrogen (secondary N) is 1. The summed E-state index contributed by atoms with van der Waals surface area (Å²) in [5, 5.41) is 0. The first-order valence-corrected chi connectivity index (χ1v) is 9.61. The third kappa shape index (κ3) is 4.15. The number of nitrogens with zero attached hydrogens (tertiary/aromatic N) is 2. The molecule has 2 aliphatic heterocycles. The van der Waals surface area contributed by atoms with Gasteiger partial charge in [-0.3, -0.25) is 9.59 Å². The van der Waals surface area contributed by atoms with E-state index in [1.165, 1.54) is 5.56 Å². The smallest absolute Gasteiger partial charge is 0.227 e. The fourth-order valence-electron chi connectivity index (χ4n) is 3.77. The zero-order valence-electron chi connectivity index (χ0n) is 15.4. The molecule has 1 aromatic heterocycles. The Balaban J connectivity index is 1.29. The van der Waals surface area contributed by atoms with E-state index in [1.54, 1.807) is 0 Å². The Kier molecular flexibility index (Phi) is 5.14. The van der Waals surface area contributed by atoms with Crippen molar-refractivity contribution in [1.29, 1.82) is 0 Å². The number of amides is 2. The minimum Gasteiger partial charge on any atom is -0.493 e. The second-order valence-corrected chi connectivity index (χ2v) is 7.23. The second kappa shape index (κ2) is 7.86. The van der Waals surface area contributed by atoms with Gasteiger partial charge in [0.2, 0.25) is 11.8 Å². The van der Waals surface area contributed by atoms with Crippen LogP contribution < -0.4 is 4.74 Å². The minimum atomic E-state index is 0.122. The molecule has 6 nitrogen and oxygen atoms in total. The Morgan fingerprint density at radius 3 is 2.33 bits per heavy atom. The van der Waals surface area contributed by atoms with Crippen LogP contribution in [0, 0.1) is 0 Å². The predicted octanol–water partition coefficient (Wildman–Crippen LogP) is 1.80. The van der Waals surface area contributed by atoms with Crippen LogP contribution in [0.3, 0.4) is 0 Å². The van der Waals surface area contributed by atoms with Gasteiger partial charge < -0.3 is 19.5 Å². The molecular formula is C21H25N3O3.